The normalized spacial score (nSPS) is 10.7. The molecule has 0 spiro atoms. The molecule has 0 saturated heterocycles. The first kappa shape index (κ1) is 11.8. The van der Waals surface area contributed by atoms with E-state index in [9.17, 15) is 8.42 Å². The van der Waals surface area contributed by atoms with Crippen molar-refractivity contribution in [1.29, 1.82) is 5.26 Å². The number of nitriles is 1. The van der Waals surface area contributed by atoms with Gasteiger partial charge in [0.05, 0.1) is 16.8 Å². The van der Waals surface area contributed by atoms with Gasteiger partial charge >= 0.3 is 0 Å². The summed E-state index contributed by atoms with van der Waals surface area (Å²) in [5, 5.41) is 8.61. The van der Waals surface area contributed by atoms with Crippen molar-refractivity contribution in [3.63, 3.8) is 0 Å². The standard InChI is InChI=1S/C9H9ClN2O2S/c1-7-2-3-8(10)9(6-7)12-15(13,14)5-4-11/h2-3,6,12H,5H2,1H3. The second kappa shape index (κ2) is 4.51. The Hall–Kier alpha value is -1.25. The predicted octanol–water partition coefficient (Wildman–Crippen LogP) is 1.91. The molecule has 0 aliphatic carbocycles. The molecule has 0 unspecified atom stereocenters. The molecule has 15 heavy (non-hydrogen) atoms. The average molecular weight is 245 g/mol. The van der Waals surface area contributed by atoms with Crippen molar-refractivity contribution in [2.45, 2.75) is 6.92 Å². The van der Waals surface area contributed by atoms with E-state index in [1.807, 2.05) is 6.92 Å². The molecule has 0 heterocycles. The third-order valence-corrected chi connectivity index (χ3v) is 3.01. The van der Waals surface area contributed by atoms with Crippen molar-refractivity contribution < 1.29 is 8.42 Å². The van der Waals surface area contributed by atoms with E-state index < -0.39 is 15.8 Å². The summed E-state index contributed by atoms with van der Waals surface area (Å²) >= 11 is 5.79. The molecule has 0 fully saturated rings. The maximum atomic E-state index is 11.3. The van der Waals surface area contributed by atoms with Crippen LogP contribution in [0.1, 0.15) is 5.56 Å². The molecule has 1 rings (SSSR count). The van der Waals surface area contributed by atoms with Crippen molar-refractivity contribution in [2.24, 2.45) is 0 Å². The van der Waals surface area contributed by atoms with E-state index in [2.05, 4.69) is 4.72 Å². The van der Waals surface area contributed by atoms with Gasteiger partial charge in [-0.15, -0.1) is 0 Å². The van der Waals surface area contributed by atoms with Crippen molar-refractivity contribution in [1.82, 2.24) is 0 Å². The summed E-state index contributed by atoms with van der Waals surface area (Å²) in [7, 11) is -3.62. The Bertz CT molecular complexity index is 505. The molecule has 1 aromatic carbocycles. The highest BCUT2D eigenvalue weighted by atomic mass is 35.5. The maximum Gasteiger partial charge on any atom is 0.246 e. The van der Waals surface area contributed by atoms with Gasteiger partial charge in [0.2, 0.25) is 10.0 Å². The number of rotatable bonds is 3. The second-order valence-electron chi connectivity index (χ2n) is 3.00. The first-order valence-corrected chi connectivity index (χ1v) is 6.11. The first-order valence-electron chi connectivity index (χ1n) is 4.08. The minimum Gasteiger partial charge on any atom is -0.281 e. The van der Waals surface area contributed by atoms with Gasteiger partial charge in [0.1, 0.15) is 0 Å². The number of nitrogens with zero attached hydrogens (tertiary/aromatic N) is 1. The average Bonchev–Trinajstić information content (AvgIpc) is 2.10. The summed E-state index contributed by atoms with van der Waals surface area (Å²) in [6, 6.07) is 6.54. The van der Waals surface area contributed by atoms with E-state index >= 15 is 0 Å². The number of halogens is 1. The summed E-state index contributed by atoms with van der Waals surface area (Å²) in [6.45, 7) is 1.82. The van der Waals surface area contributed by atoms with E-state index in [0.29, 0.717) is 10.7 Å². The lowest BCUT2D eigenvalue weighted by atomic mass is 10.2. The Morgan fingerprint density at radius 3 is 2.80 bits per heavy atom. The molecular formula is C9H9ClN2O2S. The van der Waals surface area contributed by atoms with E-state index in [4.69, 9.17) is 16.9 Å². The Morgan fingerprint density at radius 1 is 1.53 bits per heavy atom. The predicted molar refractivity (Wildman–Crippen MR) is 59.2 cm³/mol. The van der Waals surface area contributed by atoms with Gasteiger partial charge in [-0.1, -0.05) is 17.7 Å². The van der Waals surface area contributed by atoms with Gasteiger partial charge in [-0.25, -0.2) is 8.42 Å². The zero-order chi connectivity index (χ0) is 11.5. The van der Waals surface area contributed by atoms with Gasteiger partial charge in [-0.05, 0) is 24.6 Å². The van der Waals surface area contributed by atoms with Crippen LogP contribution in [0.3, 0.4) is 0 Å². The number of benzene rings is 1. The monoisotopic (exact) mass is 244 g/mol. The number of aryl methyl sites for hydroxylation is 1. The summed E-state index contributed by atoms with van der Waals surface area (Å²) in [4.78, 5) is 0. The number of nitrogens with one attached hydrogen (secondary N) is 1. The number of hydrogen-bond acceptors (Lipinski definition) is 3. The van der Waals surface area contributed by atoms with Crippen LogP contribution in [0, 0.1) is 18.3 Å². The largest absolute Gasteiger partial charge is 0.281 e. The fraction of sp³-hybridized carbons (Fsp3) is 0.222. The quantitative estimate of drug-likeness (QED) is 0.883. The third-order valence-electron chi connectivity index (χ3n) is 1.64. The molecule has 0 radical (unpaired) electrons. The SMILES string of the molecule is Cc1ccc(Cl)c(NS(=O)(=O)CC#N)c1. The van der Waals surface area contributed by atoms with Crippen molar-refractivity contribution in [3.8, 4) is 6.07 Å². The van der Waals surface area contributed by atoms with Crippen molar-refractivity contribution in [2.75, 3.05) is 10.5 Å². The highest BCUT2D eigenvalue weighted by Gasteiger charge is 2.11. The van der Waals surface area contributed by atoms with Gasteiger partial charge in [-0.2, -0.15) is 5.26 Å². The Labute approximate surface area is 93.5 Å². The van der Waals surface area contributed by atoms with Gasteiger partial charge in [-0.3, -0.25) is 4.72 Å². The molecule has 1 aromatic rings. The van der Waals surface area contributed by atoms with E-state index in [-0.39, 0.29) is 0 Å². The van der Waals surface area contributed by atoms with E-state index in [0.717, 1.165) is 5.56 Å². The zero-order valence-electron chi connectivity index (χ0n) is 7.99. The van der Waals surface area contributed by atoms with Gasteiger partial charge < -0.3 is 0 Å². The molecular weight excluding hydrogens is 236 g/mol. The maximum absolute atomic E-state index is 11.3. The molecule has 80 valence electrons. The number of sulfonamides is 1. The molecule has 0 saturated carbocycles. The van der Waals surface area contributed by atoms with E-state index in [1.165, 1.54) is 0 Å². The minimum absolute atomic E-state index is 0.298. The van der Waals surface area contributed by atoms with Crippen molar-refractivity contribution >= 4 is 27.3 Å². The highest BCUT2D eigenvalue weighted by Crippen LogP contribution is 2.23. The van der Waals surface area contributed by atoms with Crippen LogP contribution < -0.4 is 4.72 Å². The molecule has 6 heteroatoms. The third kappa shape index (κ3) is 3.42. The lowest BCUT2D eigenvalue weighted by Crippen LogP contribution is -2.15. The van der Waals surface area contributed by atoms with E-state index in [1.54, 1.807) is 24.3 Å². The van der Waals surface area contributed by atoms with Crippen LogP contribution in [0.15, 0.2) is 18.2 Å². The molecule has 1 N–H and O–H groups in total. The molecule has 0 aromatic heterocycles. The molecule has 4 nitrogen and oxygen atoms in total. The van der Waals surface area contributed by atoms with Gasteiger partial charge in [0.15, 0.2) is 5.75 Å². The summed E-state index contributed by atoms with van der Waals surface area (Å²) in [6.07, 6.45) is 0. The first-order chi connectivity index (χ1) is 6.94. The Morgan fingerprint density at radius 2 is 2.20 bits per heavy atom. The van der Waals surface area contributed by atoms with Crippen LogP contribution in [0.4, 0.5) is 5.69 Å². The smallest absolute Gasteiger partial charge is 0.246 e. The van der Waals surface area contributed by atoms with Crippen LogP contribution in [0.5, 0.6) is 0 Å². The Balaban J connectivity index is 3.00. The molecule has 0 aliphatic heterocycles. The van der Waals surface area contributed by atoms with Crippen LogP contribution in [0.25, 0.3) is 0 Å². The zero-order valence-corrected chi connectivity index (χ0v) is 9.56. The fourth-order valence-corrected chi connectivity index (χ4v) is 1.97. The molecule has 0 aliphatic rings. The topological polar surface area (TPSA) is 70.0 Å². The molecule has 0 atom stereocenters. The van der Waals surface area contributed by atoms with Crippen LogP contribution >= 0.6 is 11.6 Å². The molecule has 0 bridgehead atoms. The van der Waals surface area contributed by atoms with Gasteiger partial charge in [0.25, 0.3) is 0 Å². The van der Waals surface area contributed by atoms with Crippen LogP contribution in [-0.2, 0) is 10.0 Å². The lowest BCUT2D eigenvalue weighted by Gasteiger charge is -2.07. The fourth-order valence-electron chi connectivity index (χ4n) is 1.01. The highest BCUT2D eigenvalue weighted by molar-refractivity contribution is 7.92. The summed E-state index contributed by atoms with van der Waals surface area (Å²) < 4.78 is 24.8. The minimum atomic E-state index is -3.62. The lowest BCUT2D eigenvalue weighted by molar-refractivity contribution is 0.604. The number of anilines is 1. The molecule has 0 amide bonds. The van der Waals surface area contributed by atoms with Gasteiger partial charge in [0, 0.05) is 0 Å². The van der Waals surface area contributed by atoms with Crippen LogP contribution in [0.2, 0.25) is 5.02 Å². The summed E-state index contributed by atoms with van der Waals surface area (Å²) in [5.41, 5.74) is 1.18. The Kier molecular flexibility index (Phi) is 3.56. The van der Waals surface area contributed by atoms with Crippen LogP contribution in [-0.4, -0.2) is 14.2 Å². The second-order valence-corrected chi connectivity index (χ2v) is 5.13. The number of hydrogen-bond donors (Lipinski definition) is 1. The van der Waals surface area contributed by atoms with Crippen molar-refractivity contribution in [3.05, 3.63) is 28.8 Å². The summed E-state index contributed by atoms with van der Waals surface area (Å²) in [5.74, 6) is -0.586.